The Morgan fingerprint density at radius 2 is 1.59 bits per heavy atom. The Hall–Kier alpha value is -1.71. The highest BCUT2D eigenvalue weighted by molar-refractivity contribution is 5.81. The maximum atomic E-state index is 12.3. The van der Waals surface area contributed by atoms with Gasteiger partial charge in [0.15, 0.2) is 6.10 Å². The Kier molecular flexibility index (Phi) is 6.56. The van der Waals surface area contributed by atoms with Crippen LogP contribution < -0.4 is 14.8 Å². The summed E-state index contributed by atoms with van der Waals surface area (Å²) < 4.78 is 10.8. The summed E-state index contributed by atoms with van der Waals surface area (Å²) in [5.41, 5.74) is 0. The van der Waals surface area contributed by atoms with Crippen LogP contribution in [0.25, 0.3) is 0 Å². The fourth-order valence-corrected chi connectivity index (χ4v) is 2.83. The Morgan fingerprint density at radius 1 is 1.05 bits per heavy atom. The summed E-state index contributed by atoms with van der Waals surface area (Å²) in [5, 5.41) is 3.14. The van der Waals surface area contributed by atoms with E-state index in [1.165, 1.54) is 32.1 Å². The van der Waals surface area contributed by atoms with Crippen LogP contribution in [0.3, 0.4) is 0 Å². The van der Waals surface area contributed by atoms with Crippen molar-refractivity contribution in [1.29, 1.82) is 0 Å². The van der Waals surface area contributed by atoms with Gasteiger partial charge in [0.2, 0.25) is 0 Å². The first kappa shape index (κ1) is 16.7. The third-order valence-corrected chi connectivity index (χ3v) is 4.19. The third-order valence-electron chi connectivity index (χ3n) is 4.19. The molecule has 0 radical (unpaired) electrons. The lowest BCUT2D eigenvalue weighted by atomic mass is 9.96. The number of ether oxygens (including phenoxy) is 2. The average molecular weight is 305 g/mol. The van der Waals surface area contributed by atoms with E-state index in [0.29, 0.717) is 11.8 Å². The predicted octanol–water partition coefficient (Wildman–Crippen LogP) is 3.69. The zero-order valence-corrected chi connectivity index (χ0v) is 13.6. The fraction of sp³-hybridized carbons (Fsp3) is 0.611. The van der Waals surface area contributed by atoms with Gasteiger partial charge in [-0.2, -0.15) is 0 Å². The van der Waals surface area contributed by atoms with Gasteiger partial charge in [0.1, 0.15) is 11.5 Å². The second kappa shape index (κ2) is 8.66. The lowest BCUT2D eigenvalue weighted by Crippen LogP contribution is -2.42. The first-order valence-electron chi connectivity index (χ1n) is 8.30. The molecular formula is C18H27NO3. The van der Waals surface area contributed by atoms with Crippen LogP contribution >= 0.6 is 0 Å². The minimum absolute atomic E-state index is 0.0265. The maximum Gasteiger partial charge on any atom is 0.260 e. The number of amides is 1. The predicted molar refractivity (Wildman–Crippen MR) is 87.3 cm³/mol. The van der Waals surface area contributed by atoms with Gasteiger partial charge in [-0.1, -0.05) is 32.1 Å². The Balaban J connectivity index is 1.82. The van der Waals surface area contributed by atoms with Crippen LogP contribution in [-0.2, 0) is 4.79 Å². The zero-order chi connectivity index (χ0) is 15.8. The Morgan fingerprint density at radius 3 is 2.18 bits per heavy atom. The summed E-state index contributed by atoms with van der Waals surface area (Å²) in [4.78, 5) is 12.3. The highest BCUT2D eigenvalue weighted by Crippen LogP contribution is 2.19. The number of carbonyl (C=O) groups excluding carboxylic acids is 1. The van der Waals surface area contributed by atoms with Crippen molar-refractivity contribution >= 4 is 5.91 Å². The Labute approximate surface area is 133 Å². The molecule has 0 spiro atoms. The molecule has 22 heavy (non-hydrogen) atoms. The summed E-state index contributed by atoms with van der Waals surface area (Å²) in [6.45, 7) is 1.79. The maximum absolute atomic E-state index is 12.3. The van der Waals surface area contributed by atoms with Crippen LogP contribution in [0.5, 0.6) is 11.5 Å². The standard InChI is InChI=1S/C18H27NO3/c1-14(22-17-12-10-16(21-2)11-13-17)18(20)19-15-8-6-4-3-5-7-9-15/h10-15H,3-9H2,1-2H3,(H,19,20)/t14-/m1/s1. The van der Waals surface area contributed by atoms with E-state index < -0.39 is 6.10 Å². The van der Waals surface area contributed by atoms with Crippen LogP contribution in [0, 0.1) is 0 Å². The van der Waals surface area contributed by atoms with Crippen molar-refractivity contribution in [2.24, 2.45) is 0 Å². The summed E-state index contributed by atoms with van der Waals surface area (Å²) in [7, 11) is 1.63. The minimum Gasteiger partial charge on any atom is -0.497 e. The summed E-state index contributed by atoms with van der Waals surface area (Å²) in [5.74, 6) is 1.43. The molecule has 4 heteroatoms. The lowest BCUT2D eigenvalue weighted by Gasteiger charge is -2.23. The first-order chi connectivity index (χ1) is 10.7. The molecule has 0 saturated heterocycles. The second-order valence-electron chi connectivity index (χ2n) is 5.99. The molecule has 1 amide bonds. The van der Waals surface area contributed by atoms with Crippen LogP contribution in [-0.4, -0.2) is 25.2 Å². The fourth-order valence-electron chi connectivity index (χ4n) is 2.83. The summed E-state index contributed by atoms with van der Waals surface area (Å²) >= 11 is 0. The highest BCUT2D eigenvalue weighted by atomic mass is 16.5. The average Bonchev–Trinajstić information content (AvgIpc) is 2.50. The van der Waals surface area contributed by atoms with Crippen molar-refractivity contribution < 1.29 is 14.3 Å². The normalized spacial score (nSPS) is 17.9. The monoisotopic (exact) mass is 305 g/mol. The van der Waals surface area contributed by atoms with Gasteiger partial charge in [0.05, 0.1) is 7.11 Å². The number of nitrogens with one attached hydrogen (secondary N) is 1. The molecule has 122 valence electrons. The van der Waals surface area contributed by atoms with Crippen molar-refractivity contribution in [3.8, 4) is 11.5 Å². The van der Waals surface area contributed by atoms with Gasteiger partial charge in [-0.05, 0) is 44.0 Å². The van der Waals surface area contributed by atoms with E-state index >= 15 is 0 Å². The van der Waals surface area contributed by atoms with Gasteiger partial charge >= 0.3 is 0 Å². The van der Waals surface area contributed by atoms with Crippen molar-refractivity contribution in [3.63, 3.8) is 0 Å². The molecule has 4 nitrogen and oxygen atoms in total. The van der Waals surface area contributed by atoms with Gasteiger partial charge in [-0.25, -0.2) is 0 Å². The number of hydrogen-bond donors (Lipinski definition) is 1. The molecule has 1 aromatic rings. The smallest absolute Gasteiger partial charge is 0.260 e. The molecule has 2 rings (SSSR count). The number of hydrogen-bond acceptors (Lipinski definition) is 3. The van der Waals surface area contributed by atoms with Crippen molar-refractivity contribution in [2.75, 3.05) is 7.11 Å². The van der Waals surface area contributed by atoms with E-state index in [1.807, 2.05) is 24.3 Å². The number of rotatable bonds is 5. The van der Waals surface area contributed by atoms with Gasteiger partial charge in [-0.15, -0.1) is 0 Å². The van der Waals surface area contributed by atoms with E-state index in [0.717, 1.165) is 18.6 Å². The molecular weight excluding hydrogens is 278 g/mol. The molecule has 1 aromatic carbocycles. The molecule has 1 saturated carbocycles. The first-order valence-corrected chi connectivity index (χ1v) is 8.30. The topological polar surface area (TPSA) is 47.6 Å². The van der Waals surface area contributed by atoms with Crippen LogP contribution in [0.4, 0.5) is 0 Å². The number of methoxy groups -OCH3 is 1. The molecule has 0 heterocycles. The van der Waals surface area contributed by atoms with Gasteiger partial charge in [0, 0.05) is 6.04 Å². The van der Waals surface area contributed by atoms with Crippen molar-refractivity contribution in [3.05, 3.63) is 24.3 Å². The molecule has 1 aliphatic carbocycles. The van der Waals surface area contributed by atoms with Crippen LogP contribution in [0.2, 0.25) is 0 Å². The third kappa shape index (κ3) is 5.24. The van der Waals surface area contributed by atoms with E-state index in [9.17, 15) is 4.79 Å². The van der Waals surface area contributed by atoms with E-state index in [1.54, 1.807) is 14.0 Å². The lowest BCUT2D eigenvalue weighted by molar-refractivity contribution is -0.128. The van der Waals surface area contributed by atoms with Gasteiger partial charge in [0.25, 0.3) is 5.91 Å². The van der Waals surface area contributed by atoms with E-state index in [-0.39, 0.29) is 5.91 Å². The van der Waals surface area contributed by atoms with E-state index in [4.69, 9.17) is 9.47 Å². The molecule has 0 bridgehead atoms. The second-order valence-corrected chi connectivity index (χ2v) is 5.99. The van der Waals surface area contributed by atoms with Crippen LogP contribution in [0.1, 0.15) is 51.9 Å². The molecule has 1 fully saturated rings. The van der Waals surface area contributed by atoms with Crippen molar-refractivity contribution in [1.82, 2.24) is 5.32 Å². The molecule has 1 N–H and O–H groups in total. The molecule has 1 aliphatic rings. The molecule has 0 unspecified atom stereocenters. The van der Waals surface area contributed by atoms with E-state index in [2.05, 4.69) is 5.32 Å². The van der Waals surface area contributed by atoms with Crippen molar-refractivity contribution in [2.45, 2.75) is 64.0 Å². The minimum atomic E-state index is -0.487. The summed E-state index contributed by atoms with van der Waals surface area (Å²) in [6.07, 6.45) is 7.99. The zero-order valence-electron chi connectivity index (χ0n) is 13.6. The molecule has 0 aliphatic heterocycles. The highest BCUT2D eigenvalue weighted by Gasteiger charge is 2.19. The largest absolute Gasteiger partial charge is 0.497 e. The van der Waals surface area contributed by atoms with Gasteiger partial charge in [-0.3, -0.25) is 4.79 Å². The summed E-state index contributed by atoms with van der Waals surface area (Å²) in [6, 6.07) is 7.59. The molecule has 0 aromatic heterocycles. The SMILES string of the molecule is COc1ccc(O[C@H](C)C(=O)NC2CCCCCCC2)cc1. The number of benzene rings is 1. The molecule has 1 atom stereocenters. The Bertz CT molecular complexity index is 450. The van der Waals surface area contributed by atoms with Crippen LogP contribution in [0.15, 0.2) is 24.3 Å². The number of carbonyl (C=O) groups is 1. The van der Waals surface area contributed by atoms with Gasteiger partial charge < -0.3 is 14.8 Å². The quantitative estimate of drug-likeness (QED) is 0.902.